The smallest absolute Gasteiger partial charge is 0.259 e. The summed E-state index contributed by atoms with van der Waals surface area (Å²) < 4.78 is 0. The second-order valence-electron chi connectivity index (χ2n) is 5.32. The third-order valence-corrected chi connectivity index (χ3v) is 3.91. The number of nitriles is 1. The van der Waals surface area contributed by atoms with Gasteiger partial charge in [0.25, 0.3) is 5.91 Å². The number of thioether (sulfide) groups is 1. The Balaban J connectivity index is 0.000000593. The fourth-order valence-corrected chi connectivity index (χ4v) is 2.83. The monoisotopic (exact) mass is 333 g/mol. The van der Waals surface area contributed by atoms with Crippen LogP contribution in [0, 0.1) is 11.3 Å². The molecule has 1 aliphatic rings. The molecule has 1 aromatic rings. The molecular formula is C17H23N3O2S. The molecule has 1 aromatic carbocycles. The van der Waals surface area contributed by atoms with Crippen LogP contribution in [0.4, 0.5) is 5.69 Å². The molecule has 0 radical (unpaired) electrons. The topological polar surface area (TPSA) is 90.3 Å². The first-order valence-electron chi connectivity index (χ1n) is 7.46. The molecule has 0 unspecified atom stereocenters. The van der Waals surface area contributed by atoms with Gasteiger partial charge in [0.05, 0.1) is 0 Å². The van der Waals surface area contributed by atoms with Gasteiger partial charge in [-0.15, -0.1) is 0 Å². The van der Waals surface area contributed by atoms with Crippen molar-refractivity contribution in [1.29, 1.82) is 5.26 Å². The number of aliphatic hydroxyl groups excluding tert-OH is 1. The number of carbonyl (C=O) groups excluding carboxylic acids is 1. The summed E-state index contributed by atoms with van der Waals surface area (Å²) in [6, 6.07) is 9.63. The van der Waals surface area contributed by atoms with Crippen LogP contribution >= 0.6 is 11.8 Å². The number of carbonyl (C=O) groups is 1. The average molecular weight is 333 g/mol. The number of nitrogens with zero attached hydrogens (tertiary/aromatic N) is 2. The minimum Gasteiger partial charge on any atom is -0.394 e. The summed E-state index contributed by atoms with van der Waals surface area (Å²) in [4.78, 5) is 13.3. The molecule has 124 valence electrons. The molecule has 1 amide bonds. The number of anilines is 1. The van der Waals surface area contributed by atoms with Crippen molar-refractivity contribution in [2.45, 2.75) is 20.0 Å². The number of aliphatic hydroxyl groups is 1. The molecule has 5 nitrogen and oxygen atoms in total. The molecular weight excluding hydrogens is 310 g/mol. The number of hydrogen-bond donors (Lipinski definition) is 2. The van der Waals surface area contributed by atoms with Crippen molar-refractivity contribution < 1.29 is 9.90 Å². The number of hydrogen-bond acceptors (Lipinski definition) is 5. The van der Waals surface area contributed by atoms with Crippen molar-refractivity contribution in [2.75, 3.05) is 29.5 Å². The summed E-state index contributed by atoms with van der Waals surface area (Å²) in [5.74, 6) is 1.61. The van der Waals surface area contributed by atoms with Crippen molar-refractivity contribution in [2.24, 2.45) is 5.73 Å². The van der Waals surface area contributed by atoms with Gasteiger partial charge in [-0.2, -0.15) is 17.0 Å². The summed E-state index contributed by atoms with van der Waals surface area (Å²) in [6.07, 6.45) is 1.35. The Hall–Kier alpha value is -1.97. The summed E-state index contributed by atoms with van der Waals surface area (Å²) in [5, 5.41) is 16.8. The van der Waals surface area contributed by atoms with Gasteiger partial charge in [-0.1, -0.05) is 12.1 Å². The van der Waals surface area contributed by atoms with E-state index in [1.807, 2.05) is 36.0 Å². The number of amides is 1. The van der Waals surface area contributed by atoms with Gasteiger partial charge in [0.2, 0.25) is 0 Å². The van der Waals surface area contributed by atoms with Crippen LogP contribution in [0.1, 0.15) is 19.4 Å². The predicted octanol–water partition coefficient (Wildman–Crippen LogP) is 2.02. The van der Waals surface area contributed by atoms with Gasteiger partial charge in [0, 0.05) is 36.4 Å². The van der Waals surface area contributed by atoms with E-state index in [1.54, 1.807) is 19.9 Å². The SMILES string of the molecule is CC(C)O.N#C/C(=C\c1ccc(N2CCSCC2)cc1)C(N)=O. The maximum Gasteiger partial charge on any atom is 0.259 e. The lowest BCUT2D eigenvalue weighted by molar-refractivity contribution is -0.114. The van der Waals surface area contributed by atoms with E-state index in [4.69, 9.17) is 16.1 Å². The third kappa shape index (κ3) is 7.22. The molecule has 1 heterocycles. The van der Waals surface area contributed by atoms with Crippen LogP contribution < -0.4 is 10.6 Å². The second-order valence-corrected chi connectivity index (χ2v) is 6.54. The van der Waals surface area contributed by atoms with Crippen molar-refractivity contribution in [3.8, 4) is 6.07 Å². The van der Waals surface area contributed by atoms with Gasteiger partial charge in [0.15, 0.2) is 0 Å². The van der Waals surface area contributed by atoms with Crippen LogP contribution in [0.3, 0.4) is 0 Å². The summed E-state index contributed by atoms with van der Waals surface area (Å²) in [7, 11) is 0. The Labute approximate surface area is 141 Å². The van der Waals surface area contributed by atoms with E-state index in [-0.39, 0.29) is 11.7 Å². The Morgan fingerprint density at radius 2 is 1.87 bits per heavy atom. The van der Waals surface area contributed by atoms with E-state index in [0.717, 1.165) is 30.2 Å². The Morgan fingerprint density at radius 3 is 2.30 bits per heavy atom. The van der Waals surface area contributed by atoms with E-state index in [9.17, 15) is 4.79 Å². The molecule has 1 saturated heterocycles. The number of nitrogens with two attached hydrogens (primary N) is 1. The normalized spacial score (nSPS) is 14.7. The zero-order chi connectivity index (χ0) is 17.2. The molecule has 1 aliphatic heterocycles. The third-order valence-electron chi connectivity index (χ3n) is 2.97. The first-order chi connectivity index (χ1) is 10.9. The van der Waals surface area contributed by atoms with Crippen molar-refractivity contribution in [3.63, 3.8) is 0 Å². The van der Waals surface area contributed by atoms with Crippen LogP contribution in [0.2, 0.25) is 0 Å². The van der Waals surface area contributed by atoms with Crippen LogP contribution in [-0.4, -0.2) is 41.7 Å². The van der Waals surface area contributed by atoms with Gasteiger partial charge in [0.1, 0.15) is 11.6 Å². The lowest BCUT2D eigenvalue weighted by Gasteiger charge is -2.28. The summed E-state index contributed by atoms with van der Waals surface area (Å²) in [5.41, 5.74) is 7.06. The Morgan fingerprint density at radius 1 is 1.35 bits per heavy atom. The fourth-order valence-electron chi connectivity index (χ4n) is 1.93. The molecule has 0 bridgehead atoms. The molecule has 3 N–H and O–H groups in total. The van der Waals surface area contributed by atoms with Crippen LogP contribution in [-0.2, 0) is 4.79 Å². The maximum absolute atomic E-state index is 11.0. The minimum absolute atomic E-state index is 0.0258. The van der Waals surface area contributed by atoms with Crippen LogP contribution in [0.25, 0.3) is 6.08 Å². The van der Waals surface area contributed by atoms with E-state index >= 15 is 0 Å². The zero-order valence-electron chi connectivity index (χ0n) is 13.5. The summed E-state index contributed by atoms with van der Waals surface area (Å²) >= 11 is 1.97. The van der Waals surface area contributed by atoms with E-state index in [1.165, 1.54) is 11.8 Å². The van der Waals surface area contributed by atoms with Crippen molar-refractivity contribution in [1.82, 2.24) is 0 Å². The molecule has 0 spiro atoms. The predicted molar refractivity (Wildman–Crippen MR) is 96.1 cm³/mol. The largest absolute Gasteiger partial charge is 0.394 e. The zero-order valence-corrected chi connectivity index (χ0v) is 14.3. The molecule has 0 atom stereocenters. The molecule has 1 fully saturated rings. The van der Waals surface area contributed by atoms with Crippen LogP contribution in [0.15, 0.2) is 29.8 Å². The van der Waals surface area contributed by atoms with Gasteiger partial charge in [-0.3, -0.25) is 4.79 Å². The standard InChI is InChI=1S/C14H15N3OS.C3H8O/c15-10-12(14(16)18)9-11-1-3-13(4-2-11)17-5-7-19-8-6-17;1-3(2)4/h1-4,9H,5-8H2,(H2,16,18);3-4H,1-2H3/b12-9+;. The molecule has 0 saturated carbocycles. The highest BCUT2D eigenvalue weighted by Crippen LogP contribution is 2.20. The van der Waals surface area contributed by atoms with Gasteiger partial charge in [-0.25, -0.2) is 0 Å². The van der Waals surface area contributed by atoms with E-state index in [2.05, 4.69) is 4.90 Å². The quantitative estimate of drug-likeness (QED) is 0.652. The first kappa shape index (κ1) is 19.1. The van der Waals surface area contributed by atoms with Gasteiger partial charge >= 0.3 is 0 Å². The van der Waals surface area contributed by atoms with Crippen molar-refractivity contribution >= 4 is 29.4 Å². The molecule has 2 rings (SSSR count). The lowest BCUT2D eigenvalue weighted by Crippen LogP contribution is -2.32. The summed E-state index contributed by atoms with van der Waals surface area (Å²) in [6.45, 7) is 5.56. The number of rotatable bonds is 3. The number of benzene rings is 1. The fraction of sp³-hybridized carbons (Fsp3) is 0.412. The average Bonchev–Trinajstić information content (AvgIpc) is 2.53. The Bertz CT molecular complexity index is 568. The van der Waals surface area contributed by atoms with Gasteiger partial charge in [-0.05, 0) is 37.6 Å². The van der Waals surface area contributed by atoms with Gasteiger partial charge < -0.3 is 15.7 Å². The molecule has 0 aliphatic carbocycles. The molecule has 6 heteroatoms. The van der Waals surface area contributed by atoms with E-state index < -0.39 is 5.91 Å². The van der Waals surface area contributed by atoms with Crippen molar-refractivity contribution in [3.05, 3.63) is 35.4 Å². The highest BCUT2D eigenvalue weighted by Gasteiger charge is 2.10. The maximum atomic E-state index is 11.0. The Kier molecular flexibility index (Phi) is 8.23. The molecule has 0 aromatic heterocycles. The second kappa shape index (κ2) is 9.93. The number of primary amides is 1. The van der Waals surface area contributed by atoms with Crippen LogP contribution in [0.5, 0.6) is 0 Å². The first-order valence-corrected chi connectivity index (χ1v) is 8.62. The lowest BCUT2D eigenvalue weighted by atomic mass is 10.1. The highest BCUT2D eigenvalue weighted by molar-refractivity contribution is 7.99. The highest BCUT2D eigenvalue weighted by atomic mass is 32.2. The van der Waals surface area contributed by atoms with E-state index in [0.29, 0.717) is 0 Å². The molecule has 23 heavy (non-hydrogen) atoms. The minimum atomic E-state index is -0.695.